The quantitative estimate of drug-likeness (QED) is 0.826. The molecule has 2 aromatic rings. The molecule has 0 aliphatic heterocycles. The van der Waals surface area contributed by atoms with E-state index < -0.39 is 0 Å². The van der Waals surface area contributed by atoms with Crippen molar-refractivity contribution in [2.24, 2.45) is 0 Å². The van der Waals surface area contributed by atoms with Crippen LogP contribution in [0.3, 0.4) is 0 Å². The number of nitrogens with zero attached hydrogens (tertiary/aromatic N) is 1. The minimum atomic E-state index is -0.250. The van der Waals surface area contributed by atoms with Crippen LogP contribution in [0.4, 0.5) is 5.69 Å². The molecule has 1 N–H and O–H groups in total. The van der Waals surface area contributed by atoms with Crippen molar-refractivity contribution < 1.29 is 14.3 Å². The van der Waals surface area contributed by atoms with Crippen LogP contribution in [-0.4, -0.2) is 18.8 Å². The van der Waals surface area contributed by atoms with Crippen LogP contribution in [0, 0.1) is 18.3 Å². The lowest BCUT2D eigenvalue weighted by Gasteiger charge is -2.09. The van der Waals surface area contributed by atoms with Crippen LogP contribution in [0.15, 0.2) is 42.5 Å². The van der Waals surface area contributed by atoms with Gasteiger partial charge in [0.2, 0.25) is 5.91 Å². The normalized spacial score (nSPS) is 9.88. The molecule has 0 fully saturated rings. The zero-order valence-corrected chi connectivity index (χ0v) is 13.6. The summed E-state index contributed by atoms with van der Waals surface area (Å²) in [5.41, 5.74) is 2.57. The molecule has 0 spiro atoms. The van der Waals surface area contributed by atoms with Gasteiger partial charge >= 0.3 is 0 Å². The highest BCUT2D eigenvalue weighted by molar-refractivity contribution is 6.01. The standard InChI is InChI=1S/C19H18N2O3/c1-13-3-9-18(24-2)16(11-13)17(22)8-10-19(23)21-15-6-4-14(12-20)5-7-15/h3-7,9,11H,8,10H2,1-2H3,(H,21,23). The van der Waals surface area contributed by atoms with Crippen molar-refractivity contribution in [3.8, 4) is 11.8 Å². The number of carbonyl (C=O) groups excluding carboxylic acids is 2. The molecule has 0 aliphatic carbocycles. The summed E-state index contributed by atoms with van der Waals surface area (Å²) >= 11 is 0. The van der Waals surface area contributed by atoms with Gasteiger partial charge in [0.15, 0.2) is 5.78 Å². The molecule has 2 rings (SSSR count). The van der Waals surface area contributed by atoms with E-state index in [-0.39, 0.29) is 24.5 Å². The Kier molecular flexibility index (Phi) is 5.69. The first-order valence-corrected chi connectivity index (χ1v) is 7.51. The largest absolute Gasteiger partial charge is 0.496 e. The maximum Gasteiger partial charge on any atom is 0.224 e. The molecule has 0 saturated carbocycles. The molecule has 122 valence electrons. The number of hydrogen-bond acceptors (Lipinski definition) is 4. The molecule has 0 heterocycles. The van der Waals surface area contributed by atoms with Crippen molar-refractivity contribution in [2.75, 3.05) is 12.4 Å². The lowest BCUT2D eigenvalue weighted by Crippen LogP contribution is -2.14. The molecule has 2 aromatic carbocycles. The summed E-state index contributed by atoms with van der Waals surface area (Å²) in [4.78, 5) is 24.3. The minimum absolute atomic E-state index is 0.0793. The van der Waals surface area contributed by atoms with E-state index in [9.17, 15) is 9.59 Å². The smallest absolute Gasteiger partial charge is 0.224 e. The number of benzene rings is 2. The third kappa shape index (κ3) is 4.43. The molecule has 24 heavy (non-hydrogen) atoms. The molecule has 1 amide bonds. The molecule has 0 saturated heterocycles. The number of aryl methyl sites for hydroxylation is 1. The molecular weight excluding hydrogens is 304 g/mol. The number of rotatable bonds is 6. The van der Waals surface area contributed by atoms with E-state index >= 15 is 0 Å². The fourth-order valence-electron chi connectivity index (χ4n) is 2.25. The molecule has 0 atom stereocenters. The van der Waals surface area contributed by atoms with Gasteiger partial charge in [-0.25, -0.2) is 0 Å². The first kappa shape index (κ1) is 17.2. The SMILES string of the molecule is COc1ccc(C)cc1C(=O)CCC(=O)Nc1ccc(C#N)cc1. The second-order valence-electron chi connectivity index (χ2n) is 5.36. The van der Waals surface area contributed by atoms with Crippen LogP contribution in [0.2, 0.25) is 0 Å². The predicted molar refractivity (Wildman–Crippen MR) is 91.1 cm³/mol. The number of nitrogens with one attached hydrogen (secondary N) is 1. The summed E-state index contributed by atoms with van der Waals surface area (Å²) in [5, 5.41) is 11.4. The van der Waals surface area contributed by atoms with Crippen molar-refractivity contribution in [3.05, 3.63) is 59.2 Å². The molecule has 5 nitrogen and oxygen atoms in total. The number of nitriles is 1. The van der Waals surface area contributed by atoms with Gasteiger partial charge in [-0.3, -0.25) is 9.59 Å². The average Bonchev–Trinajstić information content (AvgIpc) is 2.60. The molecule has 0 radical (unpaired) electrons. The number of Topliss-reactive ketones (excluding diaryl/α,β-unsaturated/α-hetero) is 1. The van der Waals surface area contributed by atoms with Crippen LogP contribution >= 0.6 is 0 Å². The zero-order valence-electron chi connectivity index (χ0n) is 13.6. The van der Waals surface area contributed by atoms with Gasteiger partial charge < -0.3 is 10.1 Å². The summed E-state index contributed by atoms with van der Waals surface area (Å²) in [6.45, 7) is 1.90. The van der Waals surface area contributed by atoms with E-state index in [1.807, 2.05) is 19.1 Å². The number of anilines is 1. The third-order valence-electron chi connectivity index (χ3n) is 3.53. The Morgan fingerprint density at radius 2 is 1.83 bits per heavy atom. The first-order valence-electron chi connectivity index (χ1n) is 7.51. The summed E-state index contributed by atoms with van der Waals surface area (Å²) < 4.78 is 5.20. The van der Waals surface area contributed by atoms with Crippen LogP contribution in [-0.2, 0) is 4.79 Å². The molecule has 0 bridgehead atoms. The molecule has 0 aromatic heterocycles. The molecular formula is C19H18N2O3. The van der Waals surface area contributed by atoms with Crippen LogP contribution in [0.5, 0.6) is 5.75 Å². The highest BCUT2D eigenvalue weighted by atomic mass is 16.5. The molecule has 0 aliphatic rings. The van der Waals surface area contributed by atoms with E-state index in [2.05, 4.69) is 5.32 Å². The van der Waals surface area contributed by atoms with E-state index in [4.69, 9.17) is 10.00 Å². The Bertz CT molecular complexity index is 789. The number of carbonyl (C=O) groups is 2. The number of ether oxygens (including phenoxy) is 1. The highest BCUT2D eigenvalue weighted by Gasteiger charge is 2.14. The van der Waals surface area contributed by atoms with Crippen molar-refractivity contribution in [2.45, 2.75) is 19.8 Å². The number of amides is 1. The fraction of sp³-hybridized carbons (Fsp3) is 0.211. The van der Waals surface area contributed by atoms with Gasteiger partial charge in [0.05, 0.1) is 24.3 Å². The zero-order chi connectivity index (χ0) is 17.5. The Hall–Kier alpha value is -3.13. The number of hydrogen-bond donors (Lipinski definition) is 1. The molecule has 5 heteroatoms. The third-order valence-corrected chi connectivity index (χ3v) is 3.53. The second kappa shape index (κ2) is 7.93. The lowest BCUT2D eigenvalue weighted by molar-refractivity contribution is -0.116. The van der Waals surface area contributed by atoms with E-state index in [1.165, 1.54) is 7.11 Å². The van der Waals surface area contributed by atoms with Gasteiger partial charge in [-0.1, -0.05) is 11.6 Å². The Labute approximate surface area is 140 Å². The monoisotopic (exact) mass is 322 g/mol. The van der Waals surface area contributed by atoms with Crippen molar-refractivity contribution in [1.29, 1.82) is 5.26 Å². The van der Waals surface area contributed by atoms with E-state index in [0.29, 0.717) is 22.6 Å². The first-order chi connectivity index (χ1) is 11.5. The van der Waals surface area contributed by atoms with E-state index in [0.717, 1.165) is 5.56 Å². The summed E-state index contributed by atoms with van der Waals surface area (Å²) in [6.07, 6.45) is 0.178. The number of ketones is 1. The maximum absolute atomic E-state index is 12.3. The topological polar surface area (TPSA) is 79.2 Å². The minimum Gasteiger partial charge on any atom is -0.496 e. The summed E-state index contributed by atoms with van der Waals surface area (Å²) in [7, 11) is 1.51. The van der Waals surface area contributed by atoms with Gasteiger partial charge in [-0.05, 0) is 43.3 Å². The predicted octanol–water partition coefficient (Wildman–Crippen LogP) is 3.48. The Morgan fingerprint density at radius 3 is 2.46 bits per heavy atom. The Balaban J connectivity index is 1.95. The van der Waals surface area contributed by atoms with Gasteiger partial charge in [0.1, 0.15) is 5.75 Å². The van der Waals surface area contributed by atoms with Gasteiger partial charge in [0.25, 0.3) is 0 Å². The molecule has 0 unspecified atom stereocenters. The maximum atomic E-state index is 12.3. The van der Waals surface area contributed by atoms with Crippen LogP contribution < -0.4 is 10.1 Å². The highest BCUT2D eigenvalue weighted by Crippen LogP contribution is 2.22. The van der Waals surface area contributed by atoms with Gasteiger partial charge in [0, 0.05) is 18.5 Å². The van der Waals surface area contributed by atoms with Crippen molar-refractivity contribution >= 4 is 17.4 Å². The average molecular weight is 322 g/mol. The van der Waals surface area contributed by atoms with Crippen molar-refractivity contribution in [1.82, 2.24) is 0 Å². The second-order valence-corrected chi connectivity index (χ2v) is 5.36. The summed E-state index contributed by atoms with van der Waals surface area (Å²) in [5.74, 6) is 0.128. The van der Waals surface area contributed by atoms with E-state index in [1.54, 1.807) is 36.4 Å². The van der Waals surface area contributed by atoms with Crippen LogP contribution in [0.25, 0.3) is 0 Å². The summed E-state index contributed by atoms with van der Waals surface area (Å²) in [6, 6.07) is 13.9. The fourth-order valence-corrected chi connectivity index (χ4v) is 2.25. The van der Waals surface area contributed by atoms with Gasteiger partial charge in [-0.15, -0.1) is 0 Å². The van der Waals surface area contributed by atoms with Crippen molar-refractivity contribution in [3.63, 3.8) is 0 Å². The number of methoxy groups -OCH3 is 1. The van der Waals surface area contributed by atoms with Gasteiger partial charge in [-0.2, -0.15) is 5.26 Å². The Morgan fingerprint density at radius 1 is 1.12 bits per heavy atom. The lowest BCUT2D eigenvalue weighted by atomic mass is 10.0. The van der Waals surface area contributed by atoms with Crippen LogP contribution in [0.1, 0.15) is 34.3 Å².